The zero-order valence-corrected chi connectivity index (χ0v) is 14.3. The molecule has 0 bridgehead atoms. The second kappa shape index (κ2) is 7.12. The largest absolute Gasteiger partial charge is 0.325 e. The lowest BCUT2D eigenvalue weighted by Crippen LogP contribution is -2.41. The Morgan fingerprint density at radius 3 is 2.17 bits per heavy atom. The topological polar surface area (TPSA) is 75.3 Å². The van der Waals surface area contributed by atoms with Crippen LogP contribution in [0.1, 0.15) is 12.5 Å². The molecule has 0 saturated carbocycles. The molecule has 0 aliphatic heterocycles. The highest BCUT2D eigenvalue weighted by Crippen LogP contribution is 2.14. The maximum absolute atomic E-state index is 12.2. The minimum absolute atomic E-state index is 0.120. The molecule has 5 nitrogen and oxygen atoms in total. The molecule has 2 aromatic carbocycles. The molecule has 23 heavy (non-hydrogen) atoms. The summed E-state index contributed by atoms with van der Waals surface area (Å²) in [5, 5.41) is 3.18. The SMILES string of the molecule is Cc1ccc(S(=O)(=O)NC(C)C(=O)Nc2ccc(Cl)cc2)cc1. The number of hydrogen-bond acceptors (Lipinski definition) is 3. The van der Waals surface area contributed by atoms with Crippen molar-refractivity contribution in [1.82, 2.24) is 4.72 Å². The predicted octanol–water partition coefficient (Wildman–Crippen LogP) is 2.95. The molecule has 0 saturated heterocycles. The first-order chi connectivity index (χ1) is 10.8. The number of nitrogens with one attached hydrogen (secondary N) is 2. The summed E-state index contributed by atoms with van der Waals surface area (Å²) in [6.45, 7) is 3.35. The fourth-order valence-corrected chi connectivity index (χ4v) is 3.18. The highest BCUT2D eigenvalue weighted by molar-refractivity contribution is 7.89. The van der Waals surface area contributed by atoms with Crippen LogP contribution >= 0.6 is 11.6 Å². The molecule has 2 N–H and O–H groups in total. The first-order valence-electron chi connectivity index (χ1n) is 6.93. The molecule has 2 aromatic rings. The maximum Gasteiger partial charge on any atom is 0.242 e. The number of amides is 1. The van der Waals surface area contributed by atoms with Gasteiger partial charge in [-0.15, -0.1) is 0 Å². The number of halogens is 1. The Bertz CT molecular complexity index is 787. The third-order valence-corrected chi connectivity index (χ3v) is 4.98. The van der Waals surface area contributed by atoms with Gasteiger partial charge in [0.05, 0.1) is 10.9 Å². The summed E-state index contributed by atoms with van der Waals surface area (Å²) < 4.78 is 26.9. The second-order valence-corrected chi connectivity index (χ2v) is 7.30. The first kappa shape index (κ1) is 17.5. The normalized spacial score (nSPS) is 12.7. The van der Waals surface area contributed by atoms with E-state index in [9.17, 15) is 13.2 Å². The van der Waals surface area contributed by atoms with Gasteiger partial charge in [-0.1, -0.05) is 29.3 Å². The number of rotatable bonds is 5. The lowest BCUT2D eigenvalue weighted by Gasteiger charge is -2.14. The smallest absolute Gasteiger partial charge is 0.242 e. The van der Waals surface area contributed by atoms with E-state index in [2.05, 4.69) is 10.0 Å². The number of hydrogen-bond donors (Lipinski definition) is 2. The zero-order valence-electron chi connectivity index (χ0n) is 12.7. The summed E-state index contributed by atoms with van der Waals surface area (Å²) >= 11 is 5.77. The molecule has 122 valence electrons. The monoisotopic (exact) mass is 352 g/mol. The van der Waals surface area contributed by atoms with Crippen molar-refractivity contribution < 1.29 is 13.2 Å². The van der Waals surface area contributed by atoms with E-state index >= 15 is 0 Å². The van der Waals surface area contributed by atoms with E-state index in [1.54, 1.807) is 36.4 Å². The summed E-state index contributed by atoms with van der Waals surface area (Å²) in [4.78, 5) is 12.2. The molecule has 0 aliphatic carbocycles. The molecule has 0 aromatic heterocycles. The average molecular weight is 353 g/mol. The van der Waals surface area contributed by atoms with Crippen molar-refractivity contribution in [2.24, 2.45) is 0 Å². The number of sulfonamides is 1. The number of aryl methyl sites for hydroxylation is 1. The van der Waals surface area contributed by atoms with E-state index in [1.165, 1.54) is 19.1 Å². The van der Waals surface area contributed by atoms with Gasteiger partial charge in [0, 0.05) is 10.7 Å². The molecule has 0 fully saturated rings. The molecule has 2 rings (SSSR count). The van der Waals surface area contributed by atoms with Crippen molar-refractivity contribution in [1.29, 1.82) is 0 Å². The number of anilines is 1. The van der Waals surface area contributed by atoms with Crippen LogP contribution in [0.5, 0.6) is 0 Å². The molecule has 7 heteroatoms. The van der Waals surface area contributed by atoms with Crippen LogP contribution in [-0.4, -0.2) is 20.4 Å². The number of carbonyl (C=O) groups is 1. The first-order valence-corrected chi connectivity index (χ1v) is 8.79. The third kappa shape index (κ3) is 4.79. The number of benzene rings is 2. The molecule has 0 aliphatic rings. The van der Waals surface area contributed by atoms with Gasteiger partial charge in [-0.05, 0) is 50.2 Å². The fraction of sp³-hybridized carbons (Fsp3) is 0.188. The van der Waals surface area contributed by atoms with Crippen molar-refractivity contribution >= 4 is 33.2 Å². The molecule has 0 spiro atoms. The van der Waals surface area contributed by atoms with Crippen molar-refractivity contribution in [2.75, 3.05) is 5.32 Å². The van der Waals surface area contributed by atoms with Gasteiger partial charge < -0.3 is 5.32 Å². The maximum atomic E-state index is 12.2. The summed E-state index contributed by atoms with van der Waals surface area (Å²) in [5.41, 5.74) is 1.50. The minimum Gasteiger partial charge on any atom is -0.325 e. The highest BCUT2D eigenvalue weighted by atomic mass is 35.5. The molecule has 1 amide bonds. The van der Waals surface area contributed by atoms with Crippen LogP contribution in [0.4, 0.5) is 5.69 Å². The lowest BCUT2D eigenvalue weighted by molar-refractivity contribution is -0.117. The Morgan fingerprint density at radius 2 is 1.61 bits per heavy atom. The van der Waals surface area contributed by atoms with Gasteiger partial charge in [0.25, 0.3) is 0 Å². The van der Waals surface area contributed by atoms with Crippen LogP contribution < -0.4 is 10.0 Å². The van der Waals surface area contributed by atoms with Crippen LogP contribution in [0, 0.1) is 6.92 Å². The molecule has 0 heterocycles. The van der Waals surface area contributed by atoms with E-state index < -0.39 is 22.0 Å². The number of carbonyl (C=O) groups excluding carboxylic acids is 1. The fourth-order valence-electron chi connectivity index (χ4n) is 1.86. The zero-order chi connectivity index (χ0) is 17.0. The van der Waals surface area contributed by atoms with E-state index in [4.69, 9.17) is 11.6 Å². The van der Waals surface area contributed by atoms with Gasteiger partial charge in [-0.2, -0.15) is 4.72 Å². The summed E-state index contributed by atoms with van der Waals surface area (Å²) in [6.07, 6.45) is 0. The third-order valence-electron chi connectivity index (χ3n) is 3.17. The summed E-state index contributed by atoms with van der Waals surface area (Å²) in [5.74, 6) is -0.456. The Balaban J connectivity index is 2.05. The van der Waals surface area contributed by atoms with Crippen LogP contribution in [0.2, 0.25) is 5.02 Å². The van der Waals surface area contributed by atoms with Crippen LogP contribution in [0.25, 0.3) is 0 Å². The molecule has 1 atom stereocenters. The Kier molecular flexibility index (Phi) is 5.41. The predicted molar refractivity (Wildman–Crippen MR) is 91.0 cm³/mol. The Morgan fingerprint density at radius 1 is 1.04 bits per heavy atom. The van der Waals surface area contributed by atoms with E-state index in [1.807, 2.05) is 6.92 Å². The van der Waals surface area contributed by atoms with Gasteiger partial charge in [0.1, 0.15) is 0 Å². The van der Waals surface area contributed by atoms with Gasteiger partial charge in [0.15, 0.2) is 0 Å². The van der Waals surface area contributed by atoms with Gasteiger partial charge >= 0.3 is 0 Å². The van der Waals surface area contributed by atoms with Gasteiger partial charge in [-0.25, -0.2) is 8.42 Å². The highest BCUT2D eigenvalue weighted by Gasteiger charge is 2.22. The van der Waals surface area contributed by atoms with Crippen molar-refractivity contribution in [3.8, 4) is 0 Å². The molecular weight excluding hydrogens is 336 g/mol. The summed E-state index contributed by atoms with van der Waals surface area (Å²) in [7, 11) is -3.75. The standard InChI is InChI=1S/C16H17ClN2O3S/c1-11-3-9-15(10-4-11)23(21,22)19-12(2)16(20)18-14-7-5-13(17)6-8-14/h3-10,12,19H,1-2H3,(H,18,20). The van der Waals surface area contributed by atoms with Crippen LogP contribution in [0.3, 0.4) is 0 Å². The van der Waals surface area contributed by atoms with E-state index in [0.717, 1.165) is 5.56 Å². The van der Waals surface area contributed by atoms with Gasteiger partial charge in [0.2, 0.25) is 15.9 Å². The second-order valence-electron chi connectivity index (χ2n) is 5.15. The van der Waals surface area contributed by atoms with Crippen LogP contribution in [0.15, 0.2) is 53.4 Å². The van der Waals surface area contributed by atoms with E-state index in [0.29, 0.717) is 10.7 Å². The average Bonchev–Trinajstić information content (AvgIpc) is 2.49. The summed E-state index contributed by atoms with van der Waals surface area (Å²) in [6, 6.07) is 12.0. The van der Waals surface area contributed by atoms with Gasteiger partial charge in [-0.3, -0.25) is 4.79 Å². The Hall–Kier alpha value is -1.89. The Labute approximate surface area is 140 Å². The van der Waals surface area contributed by atoms with E-state index in [-0.39, 0.29) is 4.90 Å². The minimum atomic E-state index is -3.75. The van der Waals surface area contributed by atoms with Crippen LogP contribution in [-0.2, 0) is 14.8 Å². The van der Waals surface area contributed by atoms with Crippen molar-refractivity contribution in [3.63, 3.8) is 0 Å². The quantitative estimate of drug-likeness (QED) is 0.868. The molecule has 0 radical (unpaired) electrons. The van der Waals surface area contributed by atoms with Crippen molar-refractivity contribution in [2.45, 2.75) is 24.8 Å². The lowest BCUT2D eigenvalue weighted by atomic mass is 10.2. The molecule has 1 unspecified atom stereocenters. The van der Waals surface area contributed by atoms with Crippen molar-refractivity contribution in [3.05, 3.63) is 59.1 Å². The molecular formula is C16H17ClN2O3S.